The summed E-state index contributed by atoms with van der Waals surface area (Å²) in [7, 11) is 3.91. The monoisotopic (exact) mass is 458 g/mol. The van der Waals surface area contributed by atoms with Crippen LogP contribution in [0.4, 0.5) is 5.69 Å². The first-order chi connectivity index (χ1) is 11.2. The van der Waals surface area contributed by atoms with Crippen molar-refractivity contribution >= 4 is 47.0 Å². The maximum atomic E-state index is 4.29. The van der Waals surface area contributed by atoms with Crippen molar-refractivity contribution in [3.8, 4) is 0 Å². The largest absolute Gasteiger partial charge is 0.373 e. The van der Waals surface area contributed by atoms with Gasteiger partial charge in [-0.2, -0.15) is 0 Å². The molecule has 0 radical (unpaired) electrons. The predicted molar refractivity (Wildman–Crippen MR) is 117 cm³/mol. The zero-order valence-corrected chi connectivity index (χ0v) is 17.7. The number of hydrogen-bond acceptors (Lipinski definition) is 3. The van der Waals surface area contributed by atoms with E-state index in [2.05, 4.69) is 76.3 Å². The van der Waals surface area contributed by atoms with Crippen LogP contribution in [0.2, 0.25) is 0 Å². The van der Waals surface area contributed by atoms with Crippen LogP contribution in [-0.4, -0.2) is 39.7 Å². The van der Waals surface area contributed by atoms with Crippen molar-refractivity contribution in [2.75, 3.05) is 38.6 Å². The Labute approximate surface area is 166 Å². The fourth-order valence-corrected chi connectivity index (χ4v) is 3.08. The Morgan fingerprint density at radius 2 is 1.92 bits per heavy atom. The molecule has 4 nitrogen and oxygen atoms in total. The van der Waals surface area contributed by atoms with Gasteiger partial charge in [0.15, 0.2) is 5.96 Å². The number of benzene rings is 1. The molecule has 0 spiro atoms. The van der Waals surface area contributed by atoms with Crippen molar-refractivity contribution in [2.24, 2.45) is 4.99 Å². The number of para-hydroxylation sites is 1. The molecule has 0 saturated heterocycles. The first-order valence-corrected chi connectivity index (χ1v) is 8.82. The highest BCUT2D eigenvalue weighted by Gasteiger charge is 2.07. The zero-order chi connectivity index (χ0) is 16.5. The number of hydrogen-bond donors (Lipinski definition) is 2. The minimum absolute atomic E-state index is 0. The van der Waals surface area contributed by atoms with Gasteiger partial charge in [0.05, 0.1) is 0 Å². The summed E-state index contributed by atoms with van der Waals surface area (Å²) in [6.07, 6.45) is 0. The molecule has 0 bridgehead atoms. The van der Waals surface area contributed by atoms with E-state index in [1.165, 1.54) is 10.6 Å². The van der Waals surface area contributed by atoms with Gasteiger partial charge >= 0.3 is 0 Å². The van der Waals surface area contributed by atoms with Gasteiger partial charge in [-0.05, 0) is 23.6 Å². The van der Waals surface area contributed by atoms with Crippen molar-refractivity contribution in [2.45, 2.75) is 12.8 Å². The Morgan fingerprint density at radius 1 is 1.17 bits per heavy atom. The first kappa shape index (κ1) is 20.8. The van der Waals surface area contributed by atoms with Crippen LogP contribution in [-0.2, 0) is 0 Å². The maximum absolute atomic E-state index is 4.29. The Balaban J connectivity index is 0.00000288. The highest BCUT2D eigenvalue weighted by Crippen LogP contribution is 2.19. The van der Waals surface area contributed by atoms with Crippen LogP contribution in [0.15, 0.2) is 52.8 Å². The molecule has 0 aliphatic rings. The van der Waals surface area contributed by atoms with Gasteiger partial charge in [0, 0.05) is 50.2 Å². The van der Waals surface area contributed by atoms with Crippen molar-refractivity contribution in [3.63, 3.8) is 0 Å². The Hall–Kier alpha value is -1.28. The van der Waals surface area contributed by atoms with E-state index >= 15 is 0 Å². The normalized spacial score (nSPS) is 12.2. The number of thiophene rings is 1. The molecule has 1 heterocycles. The summed E-state index contributed by atoms with van der Waals surface area (Å²) in [5.41, 5.74) is 1.23. The van der Waals surface area contributed by atoms with Gasteiger partial charge in [-0.1, -0.05) is 31.2 Å². The minimum Gasteiger partial charge on any atom is -0.373 e. The zero-order valence-electron chi connectivity index (χ0n) is 14.5. The van der Waals surface area contributed by atoms with Crippen molar-refractivity contribution in [1.29, 1.82) is 0 Å². The highest BCUT2D eigenvalue weighted by atomic mass is 127. The molecule has 132 valence electrons. The number of guanidine groups is 1. The number of likely N-dealkylation sites (N-methyl/N-ethyl adjacent to an activating group) is 1. The second-order valence-electron chi connectivity index (χ2n) is 5.55. The van der Waals surface area contributed by atoms with Gasteiger partial charge in [0.2, 0.25) is 0 Å². The van der Waals surface area contributed by atoms with Crippen LogP contribution < -0.4 is 15.5 Å². The predicted octanol–water partition coefficient (Wildman–Crippen LogP) is 3.77. The van der Waals surface area contributed by atoms with Crippen LogP contribution in [0.1, 0.15) is 17.7 Å². The van der Waals surface area contributed by atoms with Gasteiger partial charge in [-0.25, -0.2) is 0 Å². The van der Waals surface area contributed by atoms with E-state index in [1.807, 2.05) is 13.1 Å². The molecule has 2 N–H and O–H groups in total. The average Bonchev–Trinajstić information content (AvgIpc) is 3.13. The second kappa shape index (κ2) is 11.3. The maximum Gasteiger partial charge on any atom is 0.191 e. The number of anilines is 1. The Morgan fingerprint density at radius 3 is 2.54 bits per heavy atom. The molecular formula is C18H27IN4S. The fraction of sp³-hybridized carbons (Fsp3) is 0.389. The second-order valence-corrected chi connectivity index (χ2v) is 6.53. The molecule has 0 saturated carbocycles. The Kier molecular flexibility index (Phi) is 9.78. The summed E-state index contributed by atoms with van der Waals surface area (Å²) in [4.78, 5) is 7.92. The molecular weight excluding hydrogens is 431 g/mol. The van der Waals surface area contributed by atoms with Crippen molar-refractivity contribution in [3.05, 3.63) is 52.7 Å². The lowest BCUT2D eigenvalue weighted by Gasteiger charge is -2.21. The van der Waals surface area contributed by atoms with Gasteiger partial charge in [0.1, 0.15) is 0 Å². The quantitative estimate of drug-likeness (QED) is 0.377. The van der Waals surface area contributed by atoms with Crippen LogP contribution in [0.25, 0.3) is 0 Å². The summed E-state index contributed by atoms with van der Waals surface area (Å²) in [5.74, 6) is 1.34. The molecule has 1 atom stereocenters. The molecule has 1 unspecified atom stereocenters. The van der Waals surface area contributed by atoms with Gasteiger partial charge in [-0.15, -0.1) is 35.3 Å². The number of rotatable bonds is 7. The molecule has 2 rings (SSSR count). The molecule has 1 aromatic carbocycles. The van der Waals surface area contributed by atoms with E-state index in [0.29, 0.717) is 5.92 Å². The third-order valence-corrected chi connectivity index (χ3v) is 4.87. The lowest BCUT2D eigenvalue weighted by molar-refractivity contribution is 0.705. The van der Waals surface area contributed by atoms with Crippen LogP contribution in [0.5, 0.6) is 0 Å². The lowest BCUT2D eigenvalue weighted by atomic mass is 10.1. The number of nitrogens with one attached hydrogen (secondary N) is 2. The first-order valence-electron chi connectivity index (χ1n) is 7.95. The van der Waals surface area contributed by atoms with Crippen molar-refractivity contribution < 1.29 is 0 Å². The van der Waals surface area contributed by atoms with E-state index in [4.69, 9.17) is 0 Å². The van der Waals surface area contributed by atoms with E-state index in [1.54, 1.807) is 11.3 Å². The standard InChI is InChI=1S/C18H26N4S.HI/c1-15(17-10-7-13-23-17)14-21-18(19-2)20-11-12-22(3)16-8-5-4-6-9-16;/h4-10,13,15H,11-12,14H2,1-3H3,(H2,19,20,21);1H. The van der Waals surface area contributed by atoms with E-state index in [9.17, 15) is 0 Å². The van der Waals surface area contributed by atoms with E-state index < -0.39 is 0 Å². The highest BCUT2D eigenvalue weighted by molar-refractivity contribution is 14.0. The number of halogens is 1. The van der Waals surface area contributed by atoms with Gasteiger partial charge in [0.25, 0.3) is 0 Å². The summed E-state index contributed by atoms with van der Waals surface area (Å²) in [6.45, 7) is 4.88. The summed E-state index contributed by atoms with van der Waals surface area (Å²) < 4.78 is 0. The molecule has 2 aromatic rings. The fourth-order valence-electron chi connectivity index (χ4n) is 2.30. The molecule has 6 heteroatoms. The van der Waals surface area contributed by atoms with Crippen LogP contribution in [0, 0.1) is 0 Å². The Bertz CT molecular complexity index is 586. The molecule has 0 aliphatic carbocycles. The SMILES string of the molecule is CN=C(NCCN(C)c1ccccc1)NCC(C)c1cccs1.I. The topological polar surface area (TPSA) is 39.7 Å². The summed E-state index contributed by atoms with van der Waals surface area (Å²) >= 11 is 1.80. The molecule has 1 aromatic heterocycles. The van der Waals surface area contributed by atoms with E-state index in [-0.39, 0.29) is 24.0 Å². The lowest BCUT2D eigenvalue weighted by Crippen LogP contribution is -2.42. The van der Waals surface area contributed by atoms with Gasteiger partial charge in [-0.3, -0.25) is 4.99 Å². The third-order valence-electron chi connectivity index (χ3n) is 3.76. The van der Waals surface area contributed by atoms with Crippen LogP contribution >= 0.6 is 35.3 Å². The summed E-state index contributed by atoms with van der Waals surface area (Å²) in [6, 6.07) is 14.7. The smallest absolute Gasteiger partial charge is 0.191 e. The third kappa shape index (κ3) is 6.68. The van der Waals surface area contributed by atoms with Gasteiger partial charge < -0.3 is 15.5 Å². The molecule has 0 fully saturated rings. The molecule has 24 heavy (non-hydrogen) atoms. The molecule has 0 amide bonds. The number of aliphatic imine (C=N–C) groups is 1. The number of nitrogens with zero attached hydrogens (tertiary/aromatic N) is 2. The summed E-state index contributed by atoms with van der Waals surface area (Å²) in [5, 5.41) is 8.89. The van der Waals surface area contributed by atoms with E-state index in [0.717, 1.165) is 25.6 Å². The van der Waals surface area contributed by atoms with Crippen molar-refractivity contribution in [1.82, 2.24) is 10.6 Å². The molecule has 0 aliphatic heterocycles. The minimum atomic E-state index is 0. The van der Waals surface area contributed by atoms with Crippen LogP contribution in [0.3, 0.4) is 0 Å². The average molecular weight is 458 g/mol.